The number of amides is 1. The molecule has 17 heteroatoms. The highest BCUT2D eigenvalue weighted by Crippen LogP contribution is 2.42. The zero-order chi connectivity index (χ0) is 31.5. The van der Waals surface area contributed by atoms with Crippen LogP contribution in [0.4, 0.5) is 47.0 Å². The maximum atomic E-state index is 16.0. The molecule has 0 aliphatic carbocycles. The molecule has 0 spiro atoms. The Hall–Kier alpha value is -4.18. The van der Waals surface area contributed by atoms with E-state index in [1.54, 1.807) is 30.6 Å². The summed E-state index contributed by atoms with van der Waals surface area (Å²) in [4.78, 5) is 31.5. The number of piperazine rings is 1. The lowest BCUT2D eigenvalue weighted by Gasteiger charge is -2.42. The third kappa shape index (κ3) is 6.15. The van der Waals surface area contributed by atoms with Crippen molar-refractivity contribution in [3.8, 4) is 17.3 Å². The van der Waals surface area contributed by atoms with Gasteiger partial charge >= 0.3 is 24.5 Å². The lowest BCUT2D eigenvalue weighted by molar-refractivity contribution is -0.154. The highest BCUT2D eigenvalue weighted by Gasteiger charge is 2.45. The predicted molar refractivity (Wildman–Crippen MR) is 139 cm³/mol. The van der Waals surface area contributed by atoms with Gasteiger partial charge < -0.3 is 20.1 Å². The monoisotopic (exact) mass is 617 g/mol. The number of carbonyl (C=O) groups is 1. The molecule has 0 radical (unpaired) electrons. The van der Waals surface area contributed by atoms with Gasteiger partial charge in [0, 0.05) is 31.0 Å². The summed E-state index contributed by atoms with van der Waals surface area (Å²) in [5.41, 5.74) is 0.378. The fourth-order valence-electron chi connectivity index (χ4n) is 5.32. The average molecular weight is 618 g/mol. The van der Waals surface area contributed by atoms with Gasteiger partial charge in [-0.05, 0) is 33.6 Å². The van der Waals surface area contributed by atoms with Gasteiger partial charge in [0.25, 0.3) is 0 Å². The van der Waals surface area contributed by atoms with Gasteiger partial charge in [-0.3, -0.25) is 14.9 Å². The molecule has 10 nitrogen and oxygen atoms in total. The van der Waals surface area contributed by atoms with Gasteiger partial charge in [-0.2, -0.15) is 36.3 Å². The van der Waals surface area contributed by atoms with Crippen LogP contribution in [0.15, 0.2) is 18.6 Å². The first-order valence-corrected chi connectivity index (χ1v) is 13.1. The smallest absolute Gasteiger partial charge is 0.422 e. The summed E-state index contributed by atoms with van der Waals surface area (Å²) >= 11 is 0. The third-order valence-electron chi connectivity index (χ3n) is 6.91. The lowest BCUT2D eigenvalue weighted by Crippen LogP contribution is -2.57. The normalized spacial score (nSPS) is 19.2. The Morgan fingerprint density at radius 3 is 2.26 bits per heavy atom. The van der Waals surface area contributed by atoms with Crippen molar-refractivity contribution >= 4 is 28.5 Å². The summed E-state index contributed by atoms with van der Waals surface area (Å²) in [5.74, 6) is -1.42. The van der Waals surface area contributed by atoms with Crippen molar-refractivity contribution in [1.82, 2.24) is 24.8 Å². The topological polar surface area (TPSA) is 120 Å². The Labute approximate surface area is 240 Å². The predicted octanol–water partition coefficient (Wildman–Crippen LogP) is 5.36. The highest BCUT2D eigenvalue weighted by molar-refractivity contribution is 5.92. The first-order chi connectivity index (χ1) is 19.9. The van der Waals surface area contributed by atoms with Crippen molar-refractivity contribution < 1.29 is 45.0 Å². The summed E-state index contributed by atoms with van der Waals surface area (Å²) in [6, 6.07) is -1.56. The lowest BCUT2D eigenvalue weighted by atomic mass is 10.0. The van der Waals surface area contributed by atoms with Crippen LogP contribution in [0.1, 0.15) is 39.2 Å². The van der Waals surface area contributed by atoms with E-state index in [-0.39, 0.29) is 36.4 Å². The molecule has 2 aliphatic rings. The number of halogens is 7. The van der Waals surface area contributed by atoms with Crippen LogP contribution < -0.4 is 15.4 Å². The zero-order valence-corrected chi connectivity index (χ0v) is 23.1. The summed E-state index contributed by atoms with van der Waals surface area (Å²) in [6.07, 6.45) is -6.60. The summed E-state index contributed by atoms with van der Waals surface area (Å²) in [7, 11) is 0. The van der Waals surface area contributed by atoms with Crippen LogP contribution in [-0.4, -0.2) is 74.5 Å². The van der Waals surface area contributed by atoms with Gasteiger partial charge in [0.2, 0.25) is 0 Å². The second kappa shape index (κ2) is 10.5. The Bertz CT molecular complexity index is 1550. The minimum atomic E-state index is -5.00. The third-order valence-corrected chi connectivity index (χ3v) is 6.91. The molecule has 0 unspecified atom stereocenters. The van der Waals surface area contributed by atoms with E-state index in [0.29, 0.717) is 12.8 Å². The van der Waals surface area contributed by atoms with E-state index < -0.39 is 70.5 Å². The Balaban J connectivity index is 1.60. The van der Waals surface area contributed by atoms with Crippen molar-refractivity contribution in [3.63, 3.8) is 0 Å². The maximum Gasteiger partial charge on any atom is 0.422 e. The average Bonchev–Trinajstić information content (AvgIpc) is 3.15. The molecule has 43 heavy (non-hydrogen) atoms. The van der Waals surface area contributed by atoms with Crippen LogP contribution in [0, 0.1) is 5.82 Å². The molecule has 2 aliphatic heterocycles. The van der Waals surface area contributed by atoms with Crippen molar-refractivity contribution in [3.05, 3.63) is 30.0 Å². The minimum Gasteiger partial charge on any atom is -0.454 e. The molecule has 0 saturated carbocycles. The van der Waals surface area contributed by atoms with E-state index >= 15 is 4.39 Å². The maximum absolute atomic E-state index is 16.0. The molecule has 2 fully saturated rings. The number of hydrogen-bond donors (Lipinski definition) is 1. The van der Waals surface area contributed by atoms with Crippen LogP contribution in [0.3, 0.4) is 0 Å². The number of alkyl halides is 6. The van der Waals surface area contributed by atoms with Gasteiger partial charge in [0.15, 0.2) is 12.4 Å². The number of fused-ring (bicyclic) bond motifs is 3. The van der Waals surface area contributed by atoms with Crippen molar-refractivity contribution in [2.75, 3.05) is 30.3 Å². The fraction of sp³-hybridized carbons (Fsp3) is 0.500. The SMILES string of the molecule is CC(C)(C)OC(=O)N1[C@@H]2CC[C@H]1CN(c1nc(OCC(F)(F)F)nc3c(F)c(-c4cncc(N)c4C(F)(F)F)ncc13)C2. The van der Waals surface area contributed by atoms with Crippen LogP contribution in [0.25, 0.3) is 22.2 Å². The molecular weight excluding hydrogens is 591 g/mol. The molecule has 5 rings (SSSR count). The Kier molecular flexibility index (Phi) is 7.41. The molecule has 5 heterocycles. The number of nitrogens with zero attached hydrogens (tertiary/aromatic N) is 6. The van der Waals surface area contributed by atoms with Gasteiger partial charge in [0.1, 0.15) is 22.6 Å². The van der Waals surface area contributed by atoms with Gasteiger partial charge in [-0.15, -0.1) is 0 Å². The number of aromatic nitrogens is 4. The number of carbonyl (C=O) groups excluding carboxylic acids is 1. The van der Waals surface area contributed by atoms with E-state index in [2.05, 4.69) is 19.9 Å². The molecule has 2 N–H and O–H groups in total. The molecule has 3 aromatic rings. The minimum absolute atomic E-state index is 0.0531. The summed E-state index contributed by atoms with van der Waals surface area (Å²) in [5, 5.41) is -0.0869. The largest absolute Gasteiger partial charge is 0.454 e. The first-order valence-electron chi connectivity index (χ1n) is 13.1. The molecule has 0 aromatic carbocycles. The fourth-order valence-corrected chi connectivity index (χ4v) is 5.32. The second-order valence-corrected chi connectivity index (χ2v) is 11.2. The molecular formula is C26H26F7N7O3. The van der Waals surface area contributed by atoms with E-state index in [4.69, 9.17) is 15.2 Å². The quantitative estimate of drug-likeness (QED) is 0.386. The van der Waals surface area contributed by atoms with E-state index in [1.165, 1.54) is 0 Å². The van der Waals surface area contributed by atoms with Crippen molar-refractivity contribution in [2.45, 2.75) is 63.7 Å². The van der Waals surface area contributed by atoms with Crippen molar-refractivity contribution in [2.24, 2.45) is 0 Å². The molecule has 232 valence electrons. The van der Waals surface area contributed by atoms with E-state index in [1.807, 2.05) is 0 Å². The first kappa shape index (κ1) is 30.3. The number of anilines is 2. The number of hydrogen-bond acceptors (Lipinski definition) is 9. The molecule has 2 bridgehead atoms. The summed E-state index contributed by atoms with van der Waals surface area (Å²) < 4.78 is 107. The van der Waals surface area contributed by atoms with Crippen molar-refractivity contribution in [1.29, 1.82) is 0 Å². The molecule has 3 aromatic heterocycles. The molecule has 2 saturated heterocycles. The number of ether oxygens (including phenoxy) is 2. The highest BCUT2D eigenvalue weighted by atomic mass is 19.4. The molecule has 2 atom stereocenters. The number of rotatable bonds is 4. The number of pyridine rings is 2. The standard InChI is InChI=1S/C26H26F7N7O3/c1-24(2,3)43-23(41)40-12-4-5-13(40)10-39(9-12)21-15-7-36-19(14-6-35-8-16(34)17(14)26(31,32)33)18(27)20(15)37-22(38-21)42-11-25(28,29)30/h6-8,12-13H,4-5,9-11,34H2,1-3H3/t12-,13+. The van der Waals surface area contributed by atoms with Crippen LogP contribution in [0.5, 0.6) is 6.01 Å². The number of nitrogens with two attached hydrogens (primary N) is 1. The zero-order valence-electron chi connectivity index (χ0n) is 23.1. The Morgan fingerprint density at radius 1 is 1.02 bits per heavy atom. The van der Waals surface area contributed by atoms with Gasteiger partial charge in [0.05, 0.1) is 34.9 Å². The summed E-state index contributed by atoms with van der Waals surface area (Å²) in [6.45, 7) is 3.69. The van der Waals surface area contributed by atoms with Crippen LogP contribution in [-0.2, 0) is 10.9 Å². The number of nitrogen functional groups attached to an aromatic ring is 1. The van der Waals surface area contributed by atoms with Gasteiger partial charge in [-0.25, -0.2) is 9.18 Å². The van der Waals surface area contributed by atoms with Crippen LogP contribution >= 0.6 is 0 Å². The van der Waals surface area contributed by atoms with E-state index in [0.717, 1.165) is 18.6 Å². The van der Waals surface area contributed by atoms with Gasteiger partial charge in [-0.1, -0.05) is 0 Å². The molecule has 1 amide bonds. The second-order valence-electron chi connectivity index (χ2n) is 11.2. The Morgan fingerprint density at radius 2 is 1.67 bits per heavy atom. The van der Waals surface area contributed by atoms with E-state index in [9.17, 15) is 31.1 Å². The van der Waals surface area contributed by atoms with Crippen LogP contribution in [0.2, 0.25) is 0 Å².